The molecule has 1 heterocycles. The summed E-state index contributed by atoms with van der Waals surface area (Å²) in [6.45, 7) is 4.16. The van der Waals surface area contributed by atoms with E-state index in [1.807, 2.05) is 14.0 Å². The predicted molar refractivity (Wildman–Crippen MR) is 81.1 cm³/mol. The molecule has 0 spiro atoms. The molecule has 5 nitrogen and oxygen atoms in total. The molecule has 2 N–H and O–H groups in total. The summed E-state index contributed by atoms with van der Waals surface area (Å²) in [5.41, 5.74) is 0. The number of hydrogen-bond acceptors (Lipinski definition) is 5. The van der Waals surface area contributed by atoms with Gasteiger partial charge in [-0.15, -0.1) is 11.3 Å². The summed E-state index contributed by atoms with van der Waals surface area (Å²) < 4.78 is 32.6. The molecular weight excluding hydrogens is 352 g/mol. The normalized spacial score (nSPS) is 11.9. The Hall–Kier alpha value is 0.01000. The molecular formula is C11H19BrN2O3S2. The molecule has 0 saturated heterocycles. The Morgan fingerprint density at radius 1 is 1.47 bits per heavy atom. The van der Waals surface area contributed by atoms with Crippen molar-refractivity contribution in [3.63, 3.8) is 0 Å². The summed E-state index contributed by atoms with van der Waals surface area (Å²) in [5.74, 6) is 0. The first kappa shape index (κ1) is 17.1. The number of hydrogen-bond donors (Lipinski definition) is 2. The van der Waals surface area contributed by atoms with E-state index >= 15 is 0 Å². The lowest BCUT2D eigenvalue weighted by molar-refractivity contribution is 0.146. The predicted octanol–water partition coefficient (Wildman–Crippen LogP) is 1.93. The van der Waals surface area contributed by atoms with Crippen LogP contribution in [0.5, 0.6) is 0 Å². The third-order valence-corrected chi connectivity index (χ3v) is 6.02. The van der Waals surface area contributed by atoms with Gasteiger partial charge >= 0.3 is 0 Å². The Morgan fingerprint density at radius 2 is 2.21 bits per heavy atom. The molecule has 0 unspecified atom stereocenters. The summed E-state index contributed by atoms with van der Waals surface area (Å²) in [4.78, 5) is 1.28. The van der Waals surface area contributed by atoms with Crippen molar-refractivity contribution in [3.05, 3.63) is 14.7 Å². The minimum Gasteiger partial charge on any atom is -0.382 e. The average Bonchev–Trinajstić information content (AvgIpc) is 2.71. The van der Waals surface area contributed by atoms with E-state index in [2.05, 4.69) is 26.0 Å². The maximum absolute atomic E-state index is 12.1. The van der Waals surface area contributed by atoms with E-state index in [1.54, 1.807) is 6.07 Å². The van der Waals surface area contributed by atoms with Crippen molar-refractivity contribution in [2.24, 2.45) is 0 Å². The third-order valence-electron chi connectivity index (χ3n) is 2.31. The van der Waals surface area contributed by atoms with E-state index in [1.165, 1.54) is 11.3 Å². The van der Waals surface area contributed by atoms with Crippen LogP contribution in [0, 0.1) is 0 Å². The zero-order valence-corrected chi connectivity index (χ0v) is 14.3. The van der Waals surface area contributed by atoms with Gasteiger partial charge in [0, 0.05) is 31.2 Å². The van der Waals surface area contributed by atoms with Crippen LogP contribution in [0.3, 0.4) is 0 Å². The van der Waals surface area contributed by atoms with Crippen LogP contribution in [0.25, 0.3) is 0 Å². The molecule has 0 radical (unpaired) electrons. The van der Waals surface area contributed by atoms with Gasteiger partial charge in [0.05, 0.1) is 3.79 Å². The van der Waals surface area contributed by atoms with Crippen LogP contribution in [0.4, 0.5) is 0 Å². The highest BCUT2D eigenvalue weighted by Crippen LogP contribution is 2.31. The number of thiophene rings is 1. The van der Waals surface area contributed by atoms with Crippen molar-refractivity contribution in [2.75, 3.05) is 26.8 Å². The third kappa shape index (κ3) is 5.49. The molecule has 0 aromatic carbocycles. The molecule has 0 atom stereocenters. The van der Waals surface area contributed by atoms with Gasteiger partial charge in [-0.1, -0.05) is 0 Å². The first-order valence-electron chi connectivity index (χ1n) is 6.01. The molecule has 8 heteroatoms. The van der Waals surface area contributed by atoms with Crippen molar-refractivity contribution in [1.29, 1.82) is 0 Å². The van der Waals surface area contributed by atoms with Gasteiger partial charge in [-0.2, -0.15) is 0 Å². The molecule has 0 aliphatic heterocycles. The number of sulfonamides is 1. The summed E-state index contributed by atoms with van der Waals surface area (Å²) in [6.07, 6.45) is 0.665. The van der Waals surface area contributed by atoms with Gasteiger partial charge in [-0.25, -0.2) is 13.1 Å². The van der Waals surface area contributed by atoms with Crippen LogP contribution in [-0.2, 0) is 21.3 Å². The molecule has 0 aliphatic carbocycles. The SMILES string of the molecule is CCOCCCNS(=O)(=O)c1cc(CNC)sc1Br. The van der Waals surface area contributed by atoms with Gasteiger partial charge in [0.15, 0.2) is 0 Å². The summed E-state index contributed by atoms with van der Waals surface area (Å²) >= 11 is 4.73. The van der Waals surface area contributed by atoms with Gasteiger partial charge in [0.2, 0.25) is 10.0 Å². The quantitative estimate of drug-likeness (QED) is 0.651. The maximum atomic E-state index is 12.1. The van der Waals surface area contributed by atoms with E-state index in [4.69, 9.17) is 4.74 Å². The van der Waals surface area contributed by atoms with Crippen LogP contribution in [0.1, 0.15) is 18.2 Å². The smallest absolute Gasteiger partial charge is 0.242 e. The van der Waals surface area contributed by atoms with Crippen LogP contribution < -0.4 is 10.0 Å². The summed E-state index contributed by atoms with van der Waals surface area (Å²) in [6, 6.07) is 1.69. The molecule has 0 amide bonds. The minimum absolute atomic E-state index is 0.305. The largest absolute Gasteiger partial charge is 0.382 e. The van der Waals surface area contributed by atoms with Gasteiger partial charge in [-0.05, 0) is 42.4 Å². The van der Waals surface area contributed by atoms with Gasteiger partial charge < -0.3 is 10.1 Å². The Bertz CT molecular complexity index is 488. The molecule has 19 heavy (non-hydrogen) atoms. The van der Waals surface area contributed by atoms with Crippen molar-refractivity contribution in [3.8, 4) is 0 Å². The van der Waals surface area contributed by atoms with Gasteiger partial charge in [0.25, 0.3) is 0 Å². The second kappa shape index (κ2) is 8.33. The highest BCUT2D eigenvalue weighted by Gasteiger charge is 2.20. The molecule has 1 rings (SSSR count). The van der Waals surface area contributed by atoms with Crippen molar-refractivity contribution < 1.29 is 13.2 Å². The average molecular weight is 371 g/mol. The van der Waals surface area contributed by atoms with E-state index in [-0.39, 0.29) is 0 Å². The molecule has 110 valence electrons. The first-order chi connectivity index (χ1) is 9.01. The highest BCUT2D eigenvalue weighted by atomic mass is 79.9. The van der Waals surface area contributed by atoms with Gasteiger partial charge in [0.1, 0.15) is 4.90 Å². The van der Waals surface area contributed by atoms with Gasteiger partial charge in [-0.3, -0.25) is 0 Å². The Labute approximate surface area is 126 Å². The number of ether oxygens (including phenoxy) is 1. The molecule has 0 bridgehead atoms. The Kier molecular flexibility index (Phi) is 7.48. The molecule has 0 aliphatic rings. The standard InChI is InChI=1S/C11H19BrN2O3S2/c1-3-17-6-4-5-14-19(15,16)10-7-9(8-13-2)18-11(10)12/h7,13-14H,3-6,8H2,1-2H3. The molecule has 0 saturated carbocycles. The van der Waals surface area contributed by atoms with Crippen molar-refractivity contribution >= 4 is 37.3 Å². The van der Waals surface area contributed by atoms with Crippen LogP contribution in [0.15, 0.2) is 14.7 Å². The summed E-state index contributed by atoms with van der Waals surface area (Å²) in [5, 5.41) is 3.00. The minimum atomic E-state index is -3.45. The van der Waals surface area contributed by atoms with E-state index < -0.39 is 10.0 Å². The Balaban J connectivity index is 2.61. The van der Waals surface area contributed by atoms with Crippen LogP contribution >= 0.6 is 27.3 Å². The second-order valence-corrected chi connectivity index (χ2v) is 8.02. The number of halogens is 1. The van der Waals surface area contributed by atoms with Crippen LogP contribution in [-0.4, -0.2) is 35.2 Å². The maximum Gasteiger partial charge on any atom is 0.242 e. The first-order valence-corrected chi connectivity index (χ1v) is 9.10. The van der Waals surface area contributed by atoms with Crippen molar-refractivity contribution in [1.82, 2.24) is 10.0 Å². The second-order valence-electron chi connectivity index (χ2n) is 3.83. The lowest BCUT2D eigenvalue weighted by atomic mass is 10.5. The zero-order chi connectivity index (χ0) is 14.3. The number of rotatable bonds is 9. The fraction of sp³-hybridized carbons (Fsp3) is 0.636. The van der Waals surface area contributed by atoms with E-state index in [0.29, 0.717) is 41.4 Å². The number of nitrogens with one attached hydrogen (secondary N) is 2. The topological polar surface area (TPSA) is 67.4 Å². The summed E-state index contributed by atoms with van der Waals surface area (Å²) in [7, 11) is -1.62. The van der Waals surface area contributed by atoms with Crippen molar-refractivity contribution in [2.45, 2.75) is 24.8 Å². The monoisotopic (exact) mass is 370 g/mol. The fourth-order valence-corrected chi connectivity index (χ4v) is 5.21. The molecule has 0 fully saturated rings. The molecule has 1 aromatic rings. The Morgan fingerprint density at radius 3 is 2.84 bits per heavy atom. The lowest BCUT2D eigenvalue weighted by Crippen LogP contribution is -2.25. The van der Waals surface area contributed by atoms with E-state index in [9.17, 15) is 8.42 Å². The highest BCUT2D eigenvalue weighted by molar-refractivity contribution is 9.11. The zero-order valence-electron chi connectivity index (χ0n) is 11.0. The fourth-order valence-electron chi connectivity index (χ4n) is 1.45. The van der Waals surface area contributed by atoms with E-state index in [0.717, 1.165) is 4.88 Å². The molecule has 1 aromatic heterocycles. The van der Waals surface area contributed by atoms with Crippen LogP contribution in [0.2, 0.25) is 0 Å². The lowest BCUT2D eigenvalue weighted by Gasteiger charge is -2.05.